The quantitative estimate of drug-likeness (QED) is 0.527. The summed E-state index contributed by atoms with van der Waals surface area (Å²) in [6.07, 6.45) is 1.69. The zero-order valence-corrected chi connectivity index (χ0v) is 19.2. The molecule has 8 nitrogen and oxygen atoms in total. The van der Waals surface area contributed by atoms with Crippen molar-refractivity contribution >= 4 is 28.5 Å². The zero-order chi connectivity index (χ0) is 24.0. The molecular weight excluding hydrogens is 430 g/mol. The number of para-hydroxylation sites is 1. The maximum Gasteiger partial charge on any atom is 0.337 e. The van der Waals surface area contributed by atoms with Gasteiger partial charge in [0.15, 0.2) is 11.5 Å². The molecule has 2 heterocycles. The molecule has 1 aromatic heterocycles. The second kappa shape index (κ2) is 8.58. The Morgan fingerprint density at radius 3 is 2.59 bits per heavy atom. The lowest BCUT2D eigenvalue weighted by molar-refractivity contribution is 0.0697. The Morgan fingerprint density at radius 2 is 1.91 bits per heavy atom. The van der Waals surface area contributed by atoms with Crippen LogP contribution in [-0.2, 0) is 0 Å². The molecule has 0 spiro atoms. The molecule has 2 unspecified atom stereocenters. The second-order valence-electron chi connectivity index (χ2n) is 9.44. The van der Waals surface area contributed by atoms with Crippen molar-refractivity contribution in [1.29, 1.82) is 5.26 Å². The van der Waals surface area contributed by atoms with Crippen molar-refractivity contribution in [3.8, 4) is 6.07 Å². The van der Waals surface area contributed by atoms with Crippen molar-refractivity contribution in [3.63, 3.8) is 0 Å². The molecule has 1 aliphatic heterocycles. The Morgan fingerprint density at radius 1 is 1.21 bits per heavy atom. The van der Waals surface area contributed by atoms with Crippen LogP contribution < -0.4 is 10.2 Å². The summed E-state index contributed by atoms with van der Waals surface area (Å²) < 4.78 is 0. The van der Waals surface area contributed by atoms with E-state index in [2.05, 4.69) is 21.3 Å². The number of aromatic carboxylic acids is 1. The maximum atomic E-state index is 11.7. The van der Waals surface area contributed by atoms with Gasteiger partial charge in [0.1, 0.15) is 6.07 Å². The number of piperidine rings is 1. The monoisotopic (exact) mass is 457 g/mol. The van der Waals surface area contributed by atoms with Gasteiger partial charge in [-0.25, -0.2) is 14.8 Å². The third kappa shape index (κ3) is 3.82. The fraction of sp³-hybridized carbons (Fsp3) is 0.385. The van der Waals surface area contributed by atoms with Crippen molar-refractivity contribution in [2.45, 2.75) is 38.8 Å². The number of aliphatic hydroxyl groups is 1. The first kappa shape index (κ1) is 22.1. The predicted molar refractivity (Wildman–Crippen MR) is 129 cm³/mol. The minimum atomic E-state index is -0.993. The van der Waals surface area contributed by atoms with E-state index in [4.69, 9.17) is 4.98 Å². The van der Waals surface area contributed by atoms with Gasteiger partial charge in [-0.05, 0) is 50.5 Å². The number of aliphatic hydroxyl groups excluding tert-OH is 1. The van der Waals surface area contributed by atoms with Gasteiger partial charge in [-0.3, -0.25) is 0 Å². The fourth-order valence-corrected chi connectivity index (χ4v) is 5.42. The zero-order valence-electron chi connectivity index (χ0n) is 19.2. The van der Waals surface area contributed by atoms with Crippen LogP contribution in [0.5, 0.6) is 0 Å². The summed E-state index contributed by atoms with van der Waals surface area (Å²) in [5.41, 5.74) is 4.20. The molecule has 2 aliphatic rings. The normalized spacial score (nSPS) is 22.4. The van der Waals surface area contributed by atoms with Crippen LogP contribution in [0, 0.1) is 30.1 Å². The third-order valence-corrected chi connectivity index (χ3v) is 7.11. The highest BCUT2D eigenvalue weighted by atomic mass is 16.4. The van der Waals surface area contributed by atoms with Crippen LogP contribution in [-0.4, -0.2) is 45.3 Å². The molecule has 0 amide bonds. The van der Waals surface area contributed by atoms with E-state index in [0.717, 1.165) is 24.0 Å². The first-order chi connectivity index (χ1) is 16.4. The lowest BCUT2D eigenvalue weighted by Gasteiger charge is -2.36. The number of aryl methyl sites for hydroxylation is 1. The molecule has 0 radical (unpaired) electrons. The maximum absolute atomic E-state index is 11.7. The Labute approximate surface area is 197 Å². The van der Waals surface area contributed by atoms with Crippen molar-refractivity contribution in [1.82, 2.24) is 9.97 Å². The molecule has 3 aromatic rings. The van der Waals surface area contributed by atoms with E-state index < -0.39 is 5.97 Å². The van der Waals surface area contributed by atoms with Crippen LogP contribution in [0.4, 0.5) is 11.5 Å². The van der Waals surface area contributed by atoms with Crippen LogP contribution in [0.2, 0.25) is 0 Å². The summed E-state index contributed by atoms with van der Waals surface area (Å²) in [7, 11) is 0. The van der Waals surface area contributed by atoms with Crippen LogP contribution >= 0.6 is 0 Å². The number of carboxylic acid groups (broad SMARTS) is 1. The minimum absolute atomic E-state index is 0.188. The molecule has 2 aromatic carbocycles. The summed E-state index contributed by atoms with van der Waals surface area (Å²) in [6.45, 7) is 5.25. The van der Waals surface area contributed by atoms with E-state index in [1.54, 1.807) is 24.3 Å². The van der Waals surface area contributed by atoms with Crippen molar-refractivity contribution < 1.29 is 15.0 Å². The molecule has 1 saturated carbocycles. The van der Waals surface area contributed by atoms with E-state index in [1.807, 2.05) is 26.0 Å². The van der Waals surface area contributed by atoms with E-state index in [0.29, 0.717) is 35.6 Å². The molecule has 34 heavy (non-hydrogen) atoms. The summed E-state index contributed by atoms with van der Waals surface area (Å²) in [4.78, 5) is 23.4. The van der Waals surface area contributed by atoms with Gasteiger partial charge in [0.25, 0.3) is 0 Å². The van der Waals surface area contributed by atoms with Crippen LogP contribution in [0.15, 0.2) is 36.4 Å². The average Bonchev–Trinajstić information content (AvgIpc) is 3.02. The first-order valence-corrected chi connectivity index (χ1v) is 11.6. The topological polar surface area (TPSA) is 122 Å². The molecule has 3 atom stereocenters. The highest BCUT2D eigenvalue weighted by molar-refractivity contribution is 5.94. The van der Waals surface area contributed by atoms with Crippen LogP contribution in [0.1, 0.15) is 53.0 Å². The SMILES string of the molecule is Cc1cc([C@@H](C)Nc2ccccc2C(=O)O)c2nc(N3CC4CCC(C3)C4O)c(C#N)nc2c1. The average molecular weight is 458 g/mol. The van der Waals surface area contributed by atoms with Gasteiger partial charge in [-0.15, -0.1) is 0 Å². The minimum Gasteiger partial charge on any atom is -0.478 e. The largest absolute Gasteiger partial charge is 0.478 e. The van der Waals surface area contributed by atoms with Gasteiger partial charge in [0, 0.05) is 36.2 Å². The van der Waals surface area contributed by atoms with Crippen LogP contribution in [0.3, 0.4) is 0 Å². The lowest BCUT2D eigenvalue weighted by atomic mass is 9.95. The molecular formula is C26H27N5O3. The summed E-state index contributed by atoms with van der Waals surface area (Å²) in [6, 6.07) is 12.7. The number of hydrogen-bond acceptors (Lipinski definition) is 7. The molecule has 1 aliphatic carbocycles. The summed E-state index contributed by atoms with van der Waals surface area (Å²) in [5.74, 6) is -0.0594. The Hall–Kier alpha value is -3.70. The molecule has 8 heteroatoms. The van der Waals surface area contributed by atoms with E-state index >= 15 is 0 Å². The second-order valence-corrected chi connectivity index (χ2v) is 9.44. The van der Waals surface area contributed by atoms with Crippen molar-refractivity contribution in [2.75, 3.05) is 23.3 Å². The number of carbonyl (C=O) groups is 1. The van der Waals surface area contributed by atoms with E-state index in [9.17, 15) is 20.3 Å². The number of fused-ring (bicyclic) bond motifs is 3. The predicted octanol–water partition coefficient (Wildman–Crippen LogP) is 3.89. The van der Waals surface area contributed by atoms with E-state index in [-0.39, 0.29) is 35.2 Å². The first-order valence-electron chi connectivity index (χ1n) is 11.6. The van der Waals surface area contributed by atoms with Gasteiger partial charge < -0.3 is 20.4 Å². The van der Waals surface area contributed by atoms with Crippen molar-refractivity contribution in [3.05, 3.63) is 58.8 Å². The van der Waals surface area contributed by atoms with Crippen molar-refractivity contribution in [2.24, 2.45) is 11.8 Å². The number of aromatic nitrogens is 2. The number of anilines is 2. The molecule has 5 rings (SSSR count). The summed E-state index contributed by atoms with van der Waals surface area (Å²) in [5, 5.41) is 33.2. The molecule has 174 valence electrons. The fourth-order valence-electron chi connectivity index (χ4n) is 5.42. The molecule has 2 bridgehead atoms. The number of nitriles is 1. The highest BCUT2D eigenvalue weighted by Crippen LogP contribution is 2.39. The Balaban J connectivity index is 1.57. The Bertz CT molecular complexity index is 1300. The molecule has 1 saturated heterocycles. The van der Waals surface area contributed by atoms with Gasteiger partial charge in [0.2, 0.25) is 0 Å². The van der Waals surface area contributed by atoms with Crippen LogP contribution in [0.25, 0.3) is 11.0 Å². The standard InChI is InChI=1S/C26H27N5O3/c1-14-9-19(15(2)28-20-6-4-3-5-18(20)26(33)34)23-21(10-14)29-22(11-27)25(30-23)31-12-16-7-8-17(13-31)24(16)32/h3-6,9-10,15-17,24,28,32H,7-8,12-13H2,1-2H3,(H,33,34)/t15-,16?,17?,24?/m1/s1. The van der Waals surface area contributed by atoms with Gasteiger partial charge >= 0.3 is 5.97 Å². The van der Waals surface area contributed by atoms with E-state index in [1.165, 1.54) is 0 Å². The lowest BCUT2D eigenvalue weighted by Crippen LogP contribution is -2.45. The highest BCUT2D eigenvalue weighted by Gasteiger charge is 2.42. The molecule has 2 fully saturated rings. The number of benzene rings is 2. The number of rotatable bonds is 5. The summed E-state index contributed by atoms with van der Waals surface area (Å²) >= 11 is 0. The number of nitrogens with one attached hydrogen (secondary N) is 1. The smallest absolute Gasteiger partial charge is 0.337 e. The van der Waals surface area contributed by atoms with Gasteiger partial charge in [-0.1, -0.05) is 18.2 Å². The number of hydrogen-bond donors (Lipinski definition) is 3. The third-order valence-electron chi connectivity index (χ3n) is 7.11. The van der Waals surface area contributed by atoms with Gasteiger partial charge in [0.05, 0.1) is 28.7 Å². The molecule has 3 N–H and O–H groups in total. The number of carboxylic acids is 1. The Kier molecular flexibility index (Phi) is 5.58. The number of nitrogens with zero attached hydrogens (tertiary/aromatic N) is 4. The van der Waals surface area contributed by atoms with Gasteiger partial charge in [-0.2, -0.15) is 5.26 Å².